The van der Waals surface area contributed by atoms with Crippen LogP contribution in [0.3, 0.4) is 0 Å². The number of ether oxygens (including phenoxy) is 3. The van der Waals surface area contributed by atoms with E-state index in [0.717, 1.165) is 22.3 Å². The Morgan fingerprint density at radius 3 is 2.54 bits per heavy atom. The number of methoxy groups -OCH3 is 1. The lowest BCUT2D eigenvalue weighted by atomic mass is 10.0. The highest BCUT2D eigenvalue weighted by atomic mass is 16.7. The van der Waals surface area contributed by atoms with Crippen molar-refractivity contribution >= 4 is 28.0 Å². The maximum absolute atomic E-state index is 12.4. The van der Waals surface area contributed by atoms with Gasteiger partial charge in [0.2, 0.25) is 0 Å². The second kappa shape index (κ2) is 7.11. The minimum atomic E-state index is -0.817. The first-order valence-electron chi connectivity index (χ1n) is 8.77. The number of benzene rings is 2. The van der Waals surface area contributed by atoms with E-state index in [4.69, 9.17) is 14.2 Å². The van der Waals surface area contributed by atoms with Crippen molar-refractivity contribution in [2.45, 2.75) is 6.92 Å². The summed E-state index contributed by atoms with van der Waals surface area (Å²) in [5.41, 5.74) is 2.62. The molecule has 2 heterocycles. The lowest BCUT2D eigenvalue weighted by Gasteiger charge is -2.08. The molecule has 7 heteroatoms. The van der Waals surface area contributed by atoms with Crippen molar-refractivity contribution in [2.24, 2.45) is 0 Å². The molecule has 0 fully saturated rings. The molecule has 7 nitrogen and oxygen atoms in total. The van der Waals surface area contributed by atoms with Crippen molar-refractivity contribution in [3.8, 4) is 22.6 Å². The van der Waals surface area contributed by atoms with Crippen molar-refractivity contribution in [3.05, 3.63) is 59.0 Å². The zero-order valence-corrected chi connectivity index (χ0v) is 15.4. The topological polar surface area (TPSA) is 93.4 Å². The molecular weight excluding hydrogens is 360 g/mol. The van der Waals surface area contributed by atoms with E-state index in [1.807, 2.05) is 42.5 Å². The zero-order valence-electron chi connectivity index (χ0n) is 15.4. The molecule has 142 valence electrons. The van der Waals surface area contributed by atoms with Gasteiger partial charge in [-0.2, -0.15) is 0 Å². The summed E-state index contributed by atoms with van der Waals surface area (Å²) in [6.07, 6.45) is 0.666. The van der Waals surface area contributed by atoms with Gasteiger partial charge in [0.15, 0.2) is 5.75 Å². The first-order chi connectivity index (χ1) is 13.6. The molecule has 2 N–H and O–H groups in total. The maximum Gasteiger partial charge on any atom is 0.513 e. The summed E-state index contributed by atoms with van der Waals surface area (Å²) in [7, 11) is 1.62. The molecule has 2 aromatic carbocycles. The first-order valence-corrected chi connectivity index (χ1v) is 8.77. The summed E-state index contributed by atoms with van der Waals surface area (Å²) in [6.45, 7) is 1.89. The quantitative estimate of drug-likeness (QED) is 0.519. The van der Waals surface area contributed by atoms with E-state index in [9.17, 15) is 9.59 Å². The van der Waals surface area contributed by atoms with Crippen molar-refractivity contribution in [1.82, 2.24) is 9.97 Å². The Labute approximate surface area is 159 Å². The zero-order chi connectivity index (χ0) is 19.7. The first kappa shape index (κ1) is 17.7. The van der Waals surface area contributed by atoms with Crippen LogP contribution in [0.4, 0.5) is 4.79 Å². The lowest BCUT2D eigenvalue weighted by molar-refractivity contribution is 0.105. The van der Waals surface area contributed by atoms with Gasteiger partial charge in [0.1, 0.15) is 11.3 Å². The number of rotatable bonds is 4. The smallest absolute Gasteiger partial charge is 0.497 e. The van der Waals surface area contributed by atoms with Crippen LogP contribution in [0.1, 0.15) is 6.92 Å². The molecule has 0 radical (unpaired) electrons. The number of hydrogen-bond donors (Lipinski definition) is 2. The number of carbonyl (C=O) groups excluding carboxylic acids is 1. The van der Waals surface area contributed by atoms with Crippen molar-refractivity contribution in [2.75, 3.05) is 13.7 Å². The van der Waals surface area contributed by atoms with Gasteiger partial charge in [-0.05, 0) is 42.3 Å². The second-order valence-electron chi connectivity index (χ2n) is 6.13. The Morgan fingerprint density at radius 1 is 1.07 bits per heavy atom. The molecule has 0 unspecified atom stereocenters. The van der Waals surface area contributed by atoms with Crippen molar-refractivity contribution in [1.29, 1.82) is 0 Å². The highest BCUT2D eigenvalue weighted by Gasteiger charge is 2.16. The van der Waals surface area contributed by atoms with Gasteiger partial charge in [-0.25, -0.2) is 4.79 Å². The molecule has 0 bridgehead atoms. The number of aromatic amines is 2. The molecule has 0 amide bonds. The molecule has 2 aromatic heterocycles. The Bertz CT molecular complexity index is 1220. The number of aromatic nitrogens is 2. The Hall–Kier alpha value is -3.74. The van der Waals surface area contributed by atoms with E-state index in [2.05, 4.69) is 9.97 Å². The highest BCUT2D eigenvalue weighted by molar-refractivity contribution is 6.09. The van der Waals surface area contributed by atoms with Gasteiger partial charge in [0.25, 0.3) is 5.56 Å². The SMILES string of the molecule is CCOC(=O)Oc1c[nH]c2c(=O)[nH]c3ccc(-c4ccc(OC)cc4)cc3c12. The Balaban J connectivity index is 1.89. The summed E-state index contributed by atoms with van der Waals surface area (Å²) in [4.78, 5) is 29.9. The van der Waals surface area contributed by atoms with E-state index >= 15 is 0 Å². The molecule has 0 atom stereocenters. The van der Waals surface area contributed by atoms with Crippen LogP contribution in [0.5, 0.6) is 11.5 Å². The minimum Gasteiger partial charge on any atom is -0.497 e. The van der Waals surface area contributed by atoms with Crippen LogP contribution in [0.2, 0.25) is 0 Å². The molecule has 4 rings (SSSR count). The average Bonchev–Trinajstić information content (AvgIpc) is 3.13. The Kier molecular flexibility index (Phi) is 4.49. The van der Waals surface area contributed by atoms with E-state index in [1.54, 1.807) is 14.0 Å². The summed E-state index contributed by atoms with van der Waals surface area (Å²) in [5.74, 6) is 1.02. The molecule has 0 aliphatic carbocycles. The van der Waals surface area contributed by atoms with Gasteiger partial charge in [-0.3, -0.25) is 4.79 Å². The second-order valence-corrected chi connectivity index (χ2v) is 6.13. The molecule has 0 saturated heterocycles. The predicted octanol–water partition coefficient (Wildman–Crippen LogP) is 4.22. The van der Waals surface area contributed by atoms with E-state index in [0.29, 0.717) is 16.4 Å². The number of fused-ring (bicyclic) bond motifs is 3. The largest absolute Gasteiger partial charge is 0.513 e. The van der Waals surface area contributed by atoms with Crippen LogP contribution in [-0.4, -0.2) is 29.8 Å². The number of carbonyl (C=O) groups is 1. The van der Waals surface area contributed by atoms with Crippen LogP contribution in [-0.2, 0) is 4.74 Å². The molecule has 0 aliphatic heterocycles. The summed E-state index contributed by atoms with van der Waals surface area (Å²) in [5, 5.41) is 1.28. The summed E-state index contributed by atoms with van der Waals surface area (Å²) in [6, 6.07) is 13.4. The highest BCUT2D eigenvalue weighted by Crippen LogP contribution is 2.33. The van der Waals surface area contributed by atoms with Crippen LogP contribution < -0.4 is 15.0 Å². The molecular formula is C21H18N2O5. The summed E-state index contributed by atoms with van der Waals surface area (Å²) >= 11 is 0. The number of nitrogens with one attached hydrogen (secondary N) is 2. The van der Waals surface area contributed by atoms with Crippen LogP contribution in [0.15, 0.2) is 53.5 Å². The third-order valence-corrected chi connectivity index (χ3v) is 4.49. The van der Waals surface area contributed by atoms with Crippen LogP contribution in [0, 0.1) is 0 Å². The third kappa shape index (κ3) is 3.07. The molecule has 28 heavy (non-hydrogen) atoms. The monoisotopic (exact) mass is 378 g/mol. The fourth-order valence-electron chi connectivity index (χ4n) is 3.18. The molecule has 0 saturated carbocycles. The fourth-order valence-corrected chi connectivity index (χ4v) is 3.18. The van der Waals surface area contributed by atoms with Crippen LogP contribution >= 0.6 is 0 Å². The molecule has 0 spiro atoms. The number of hydrogen-bond acceptors (Lipinski definition) is 5. The lowest BCUT2D eigenvalue weighted by Crippen LogP contribution is -2.10. The van der Waals surface area contributed by atoms with Crippen LogP contribution in [0.25, 0.3) is 32.9 Å². The summed E-state index contributed by atoms with van der Waals surface area (Å²) < 4.78 is 15.3. The van der Waals surface area contributed by atoms with E-state index in [1.165, 1.54) is 6.20 Å². The van der Waals surface area contributed by atoms with Gasteiger partial charge >= 0.3 is 6.16 Å². The number of pyridine rings is 1. The third-order valence-electron chi connectivity index (χ3n) is 4.49. The van der Waals surface area contributed by atoms with Gasteiger partial charge < -0.3 is 24.2 Å². The van der Waals surface area contributed by atoms with Crippen molar-refractivity contribution in [3.63, 3.8) is 0 Å². The van der Waals surface area contributed by atoms with Crippen molar-refractivity contribution < 1.29 is 19.0 Å². The van der Waals surface area contributed by atoms with Gasteiger partial charge in [0.05, 0.1) is 19.1 Å². The van der Waals surface area contributed by atoms with Gasteiger partial charge in [-0.1, -0.05) is 18.2 Å². The molecule has 4 aromatic rings. The predicted molar refractivity (Wildman–Crippen MR) is 106 cm³/mol. The maximum atomic E-state index is 12.4. The molecule has 0 aliphatic rings. The minimum absolute atomic E-state index is 0.199. The normalized spacial score (nSPS) is 10.9. The fraction of sp³-hybridized carbons (Fsp3) is 0.143. The van der Waals surface area contributed by atoms with E-state index in [-0.39, 0.29) is 17.9 Å². The van der Waals surface area contributed by atoms with E-state index < -0.39 is 6.16 Å². The van der Waals surface area contributed by atoms with Gasteiger partial charge in [-0.15, -0.1) is 0 Å². The number of H-pyrrole nitrogens is 2. The van der Waals surface area contributed by atoms with Gasteiger partial charge in [0, 0.05) is 17.1 Å². The average molecular weight is 378 g/mol. The Morgan fingerprint density at radius 2 is 1.82 bits per heavy atom. The standard InChI is InChI=1S/C21H18N2O5/c1-3-27-21(25)28-17-11-22-19-18(17)15-10-13(6-9-16(15)23-20(19)24)12-4-7-14(26-2)8-5-12/h4-11,22H,3H2,1-2H3,(H,23,24).